The number of guanidine groups is 1. The highest BCUT2D eigenvalue weighted by molar-refractivity contribution is 7.89. The molecule has 0 saturated carbocycles. The van der Waals surface area contributed by atoms with Crippen molar-refractivity contribution in [1.29, 1.82) is 0 Å². The molecule has 30 heavy (non-hydrogen) atoms. The van der Waals surface area contributed by atoms with Gasteiger partial charge in [-0.1, -0.05) is 18.2 Å². The van der Waals surface area contributed by atoms with E-state index < -0.39 is 10.0 Å². The van der Waals surface area contributed by atoms with E-state index in [1.54, 1.807) is 0 Å². The van der Waals surface area contributed by atoms with Crippen LogP contribution in [0.1, 0.15) is 20.3 Å². The third-order valence-corrected chi connectivity index (χ3v) is 4.53. The molecule has 0 radical (unpaired) electrons. The molecular weight excluding hydrogens is 404 g/mol. The van der Waals surface area contributed by atoms with E-state index in [0.717, 1.165) is 17.2 Å². The minimum atomic E-state index is -3.55. The standard InChI is InChI=1S/C21H30N4O4S/c1-17(2)29-20-11-9-18(10-12-20)25-21(24-14-16-30(22,26)27)23-13-6-15-28-19-7-4-3-5-8-19/h3-5,7-12,17H,6,13-16H2,1-2H3,(H2,22,26,27)(H2,23,24,25). The first-order valence-corrected chi connectivity index (χ1v) is 11.5. The summed E-state index contributed by atoms with van der Waals surface area (Å²) in [5.74, 6) is 1.87. The van der Waals surface area contributed by atoms with Gasteiger partial charge in [0.2, 0.25) is 10.0 Å². The van der Waals surface area contributed by atoms with Crippen LogP contribution < -0.4 is 25.2 Å². The predicted molar refractivity (Wildman–Crippen MR) is 121 cm³/mol. The third kappa shape index (κ3) is 10.1. The van der Waals surface area contributed by atoms with Gasteiger partial charge in [-0.15, -0.1) is 0 Å². The lowest BCUT2D eigenvalue weighted by Crippen LogP contribution is -2.36. The largest absolute Gasteiger partial charge is 0.494 e. The Morgan fingerprint density at radius 2 is 1.77 bits per heavy atom. The first-order chi connectivity index (χ1) is 14.3. The van der Waals surface area contributed by atoms with Crippen LogP contribution in [0.15, 0.2) is 59.6 Å². The molecule has 2 aromatic carbocycles. The Bertz CT molecular complexity index is 885. The number of aliphatic imine (C=N–C) groups is 1. The zero-order valence-electron chi connectivity index (χ0n) is 17.4. The van der Waals surface area contributed by atoms with Crippen LogP contribution in [0.2, 0.25) is 0 Å². The number of sulfonamides is 1. The van der Waals surface area contributed by atoms with E-state index in [1.807, 2.05) is 68.4 Å². The molecule has 0 amide bonds. The Balaban J connectivity index is 1.90. The van der Waals surface area contributed by atoms with Gasteiger partial charge < -0.3 is 20.1 Å². The first kappa shape index (κ1) is 23.5. The number of para-hydroxylation sites is 1. The number of nitrogens with zero attached hydrogens (tertiary/aromatic N) is 1. The molecule has 9 heteroatoms. The number of hydrogen-bond acceptors (Lipinski definition) is 5. The second-order valence-electron chi connectivity index (χ2n) is 6.86. The van der Waals surface area contributed by atoms with Crippen molar-refractivity contribution < 1.29 is 17.9 Å². The summed E-state index contributed by atoms with van der Waals surface area (Å²) in [5.41, 5.74) is 0.800. The lowest BCUT2D eigenvalue weighted by Gasteiger charge is -2.14. The van der Waals surface area contributed by atoms with Crippen LogP contribution in [0.25, 0.3) is 0 Å². The molecule has 4 N–H and O–H groups in total. The molecule has 0 aliphatic carbocycles. The average Bonchev–Trinajstić information content (AvgIpc) is 2.68. The molecule has 2 aromatic rings. The van der Waals surface area contributed by atoms with Crippen molar-refractivity contribution in [2.45, 2.75) is 26.4 Å². The lowest BCUT2D eigenvalue weighted by molar-refractivity contribution is 0.242. The van der Waals surface area contributed by atoms with Crippen LogP contribution >= 0.6 is 0 Å². The maximum Gasteiger partial charge on any atom is 0.210 e. The van der Waals surface area contributed by atoms with E-state index in [2.05, 4.69) is 15.6 Å². The summed E-state index contributed by atoms with van der Waals surface area (Å²) >= 11 is 0. The van der Waals surface area contributed by atoms with Crippen LogP contribution in [0, 0.1) is 0 Å². The molecule has 0 unspecified atom stereocenters. The molecule has 0 saturated heterocycles. The van der Waals surface area contributed by atoms with Crippen LogP contribution in [0.3, 0.4) is 0 Å². The summed E-state index contributed by atoms with van der Waals surface area (Å²) in [5, 5.41) is 11.2. The van der Waals surface area contributed by atoms with Crippen LogP contribution in [-0.2, 0) is 10.0 Å². The Labute approximate surface area is 178 Å². The molecule has 0 spiro atoms. The molecule has 8 nitrogen and oxygen atoms in total. The maximum absolute atomic E-state index is 11.2. The van der Waals surface area contributed by atoms with Gasteiger partial charge in [0, 0.05) is 25.2 Å². The van der Waals surface area contributed by atoms with E-state index >= 15 is 0 Å². The Morgan fingerprint density at radius 3 is 2.40 bits per heavy atom. The van der Waals surface area contributed by atoms with Gasteiger partial charge in [0.1, 0.15) is 11.5 Å². The summed E-state index contributed by atoms with van der Waals surface area (Å²) in [6.07, 6.45) is 0.803. The van der Waals surface area contributed by atoms with E-state index in [1.165, 1.54) is 0 Å². The van der Waals surface area contributed by atoms with Gasteiger partial charge in [0.25, 0.3) is 0 Å². The van der Waals surface area contributed by atoms with E-state index in [0.29, 0.717) is 25.5 Å². The quantitative estimate of drug-likeness (QED) is 0.284. The van der Waals surface area contributed by atoms with Crippen LogP contribution in [-0.4, -0.2) is 45.9 Å². The van der Waals surface area contributed by atoms with Gasteiger partial charge in [-0.25, -0.2) is 13.6 Å². The molecular formula is C21H30N4O4S. The van der Waals surface area contributed by atoms with Crippen molar-refractivity contribution in [2.24, 2.45) is 10.1 Å². The van der Waals surface area contributed by atoms with Gasteiger partial charge >= 0.3 is 0 Å². The molecule has 164 valence electrons. The highest BCUT2D eigenvalue weighted by Crippen LogP contribution is 2.16. The SMILES string of the molecule is CC(C)Oc1ccc(NC(=NCCCOc2ccccc2)NCCS(N)(=O)=O)cc1. The number of primary sulfonamides is 1. The van der Waals surface area contributed by atoms with Gasteiger partial charge in [-0.3, -0.25) is 4.99 Å². The van der Waals surface area contributed by atoms with E-state index in [4.69, 9.17) is 14.6 Å². The smallest absolute Gasteiger partial charge is 0.210 e. The normalized spacial score (nSPS) is 11.9. The molecule has 0 heterocycles. The minimum absolute atomic E-state index is 0.0962. The number of nitrogens with two attached hydrogens (primary N) is 1. The fraction of sp³-hybridized carbons (Fsp3) is 0.381. The third-order valence-electron chi connectivity index (χ3n) is 3.75. The Hall–Kier alpha value is -2.78. The topological polar surface area (TPSA) is 115 Å². The number of anilines is 1. The maximum atomic E-state index is 11.2. The summed E-state index contributed by atoms with van der Waals surface area (Å²) in [4.78, 5) is 4.49. The minimum Gasteiger partial charge on any atom is -0.494 e. The fourth-order valence-corrected chi connectivity index (χ4v) is 2.83. The number of rotatable bonds is 11. The number of nitrogens with one attached hydrogen (secondary N) is 2. The monoisotopic (exact) mass is 434 g/mol. The van der Waals surface area contributed by atoms with E-state index in [-0.39, 0.29) is 18.4 Å². The summed E-state index contributed by atoms with van der Waals surface area (Å²) in [6.45, 7) is 5.12. The number of hydrogen-bond donors (Lipinski definition) is 3. The summed E-state index contributed by atoms with van der Waals surface area (Å²) in [7, 11) is -3.55. The number of ether oxygens (including phenoxy) is 2. The second-order valence-corrected chi connectivity index (χ2v) is 8.59. The van der Waals surface area contributed by atoms with Crippen molar-refractivity contribution in [3.05, 3.63) is 54.6 Å². The fourth-order valence-electron chi connectivity index (χ4n) is 2.44. The first-order valence-electron chi connectivity index (χ1n) is 9.82. The highest BCUT2D eigenvalue weighted by atomic mass is 32.2. The lowest BCUT2D eigenvalue weighted by atomic mass is 10.3. The van der Waals surface area contributed by atoms with Gasteiger partial charge in [-0.2, -0.15) is 0 Å². The van der Waals surface area contributed by atoms with Gasteiger partial charge in [-0.05, 0) is 50.2 Å². The Morgan fingerprint density at radius 1 is 1.07 bits per heavy atom. The molecule has 0 atom stereocenters. The average molecular weight is 435 g/mol. The van der Waals surface area contributed by atoms with Gasteiger partial charge in [0.15, 0.2) is 5.96 Å². The second kappa shape index (κ2) is 12.0. The molecule has 0 aromatic heterocycles. The van der Waals surface area contributed by atoms with E-state index in [9.17, 15) is 8.42 Å². The van der Waals surface area contributed by atoms with Crippen molar-refractivity contribution in [3.63, 3.8) is 0 Å². The molecule has 0 fully saturated rings. The van der Waals surface area contributed by atoms with Crippen molar-refractivity contribution in [1.82, 2.24) is 5.32 Å². The molecule has 2 rings (SSSR count). The molecule has 0 aliphatic heterocycles. The predicted octanol–water partition coefficient (Wildman–Crippen LogP) is 2.59. The van der Waals surface area contributed by atoms with Gasteiger partial charge in [0.05, 0.1) is 18.5 Å². The highest BCUT2D eigenvalue weighted by Gasteiger charge is 2.05. The van der Waals surface area contributed by atoms with Crippen molar-refractivity contribution >= 4 is 21.7 Å². The molecule has 0 bridgehead atoms. The Kier molecular flexibility index (Phi) is 9.43. The summed E-state index contributed by atoms with van der Waals surface area (Å²) in [6, 6.07) is 17.0. The van der Waals surface area contributed by atoms with Crippen molar-refractivity contribution in [2.75, 3.05) is 30.8 Å². The van der Waals surface area contributed by atoms with Crippen molar-refractivity contribution in [3.8, 4) is 11.5 Å². The molecule has 0 aliphatic rings. The zero-order chi connectivity index (χ0) is 21.8. The van der Waals surface area contributed by atoms with Crippen LogP contribution in [0.4, 0.5) is 5.69 Å². The number of benzene rings is 2. The van der Waals surface area contributed by atoms with Crippen LogP contribution in [0.5, 0.6) is 11.5 Å². The zero-order valence-corrected chi connectivity index (χ0v) is 18.2. The summed E-state index contributed by atoms with van der Waals surface area (Å²) < 4.78 is 33.6.